The van der Waals surface area contributed by atoms with Crippen LogP contribution in [-0.2, 0) is 6.18 Å². The number of alkyl halides is 6. The molecule has 0 aliphatic heterocycles. The number of rotatable bonds is 1. The second-order valence-electron chi connectivity index (χ2n) is 3.43. The number of halogens is 7. The van der Waals surface area contributed by atoms with Gasteiger partial charge in [0.2, 0.25) is 5.82 Å². The first kappa shape index (κ1) is 14.0. The van der Waals surface area contributed by atoms with E-state index in [0.29, 0.717) is 0 Å². The van der Waals surface area contributed by atoms with Crippen molar-refractivity contribution in [1.29, 1.82) is 0 Å². The van der Waals surface area contributed by atoms with E-state index in [9.17, 15) is 26.3 Å². The third-order valence-electron chi connectivity index (χ3n) is 2.03. The summed E-state index contributed by atoms with van der Waals surface area (Å²) in [5.41, 5.74) is -0.344. The van der Waals surface area contributed by atoms with Gasteiger partial charge in [0.1, 0.15) is 5.75 Å². The molecule has 0 aliphatic rings. The van der Waals surface area contributed by atoms with E-state index >= 15 is 0 Å². The lowest BCUT2D eigenvalue weighted by Gasteiger charge is -2.09. The van der Waals surface area contributed by atoms with Crippen LogP contribution in [0.15, 0.2) is 16.6 Å². The quantitative estimate of drug-likeness (QED) is 0.782. The van der Waals surface area contributed by atoms with Crippen molar-refractivity contribution in [1.82, 2.24) is 9.97 Å². The van der Waals surface area contributed by atoms with Crippen LogP contribution in [0.5, 0.6) is 5.75 Å². The molecular formula is C9H3BrF6N2O. The Kier molecular flexibility index (Phi) is 3.15. The molecule has 1 N–H and O–H groups in total. The van der Waals surface area contributed by atoms with E-state index in [0.717, 1.165) is 12.1 Å². The molecule has 1 heterocycles. The third-order valence-corrected chi connectivity index (χ3v) is 2.65. The predicted molar refractivity (Wildman–Crippen MR) is 55.5 cm³/mol. The van der Waals surface area contributed by atoms with Gasteiger partial charge in [0.15, 0.2) is 0 Å². The van der Waals surface area contributed by atoms with Crippen LogP contribution < -0.4 is 4.74 Å². The lowest BCUT2D eigenvalue weighted by Crippen LogP contribution is -2.17. The molecule has 0 atom stereocenters. The van der Waals surface area contributed by atoms with Crippen LogP contribution in [0.1, 0.15) is 5.82 Å². The van der Waals surface area contributed by atoms with Gasteiger partial charge in [-0.1, -0.05) is 0 Å². The number of benzene rings is 1. The van der Waals surface area contributed by atoms with E-state index in [1.165, 1.54) is 0 Å². The number of imidazole rings is 1. The maximum Gasteiger partial charge on any atom is 0.573 e. The topological polar surface area (TPSA) is 37.9 Å². The van der Waals surface area contributed by atoms with E-state index in [4.69, 9.17) is 0 Å². The number of hydrogen-bond donors (Lipinski definition) is 1. The maximum absolute atomic E-state index is 12.4. The Hall–Kier alpha value is -1.45. The van der Waals surface area contributed by atoms with Crippen LogP contribution >= 0.6 is 15.9 Å². The normalized spacial score (nSPS) is 13.0. The van der Waals surface area contributed by atoms with Gasteiger partial charge < -0.3 is 9.72 Å². The molecule has 1 aromatic carbocycles. The Balaban J connectivity index is 2.50. The number of aromatic amines is 1. The van der Waals surface area contributed by atoms with E-state index in [2.05, 4.69) is 25.7 Å². The van der Waals surface area contributed by atoms with Gasteiger partial charge in [0, 0.05) is 6.07 Å². The van der Waals surface area contributed by atoms with Crippen LogP contribution in [0.25, 0.3) is 11.0 Å². The Labute approximate surface area is 109 Å². The molecule has 0 fully saturated rings. The molecule has 2 aromatic rings. The summed E-state index contributed by atoms with van der Waals surface area (Å²) in [5.74, 6) is -1.96. The van der Waals surface area contributed by atoms with Gasteiger partial charge in [-0.2, -0.15) is 13.2 Å². The number of aromatic nitrogens is 2. The minimum Gasteiger partial charge on any atom is -0.404 e. The standard InChI is InChI=1S/C9H3BrF6N2O/c10-3-1-4-5(2-6(3)19-9(14,15)16)18-7(17-4)8(11,12)13/h1-2H,(H,17,18). The zero-order valence-corrected chi connectivity index (χ0v) is 10.2. The third kappa shape index (κ3) is 3.11. The zero-order chi connectivity index (χ0) is 14.4. The Morgan fingerprint density at radius 1 is 1.11 bits per heavy atom. The van der Waals surface area contributed by atoms with Crippen LogP contribution in [0, 0.1) is 0 Å². The van der Waals surface area contributed by atoms with Crippen molar-refractivity contribution in [2.75, 3.05) is 0 Å². The average molecular weight is 349 g/mol. The molecule has 0 spiro atoms. The molecule has 3 nitrogen and oxygen atoms in total. The summed E-state index contributed by atoms with van der Waals surface area (Å²) in [4.78, 5) is 5.13. The van der Waals surface area contributed by atoms with E-state index in [1.54, 1.807) is 0 Å². The van der Waals surface area contributed by atoms with Crippen molar-refractivity contribution in [3.05, 3.63) is 22.4 Å². The van der Waals surface area contributed by atoms with Gasteiger partial charge in [0.25, 0.3) is 0 Å². The number of hydrogen-bond acceptors (Lipinski definition) is 2. The summed E-state index contributed by atoms with van der Waals surface area (Å²) >= 11 is 2.78. The molecule has 104 valence electrons. The van der Waals surface area contributed by atoms with Crippen molar-refractivity contribution in [3.63, 3.8) is 0 Å². The maximum atomic E-state index is 12.4. The van der Waals surface area contributed by atoms with Crippen LogP contribution in [0.3, 0.4) is 0 Å². The number of nitrogens with zero attached hydrogens (tertiary/aromatic N) is 1. The van der Waals surface area contributed by atoms with Crippen LogP contribution in [0.2, 0.25) is 0 Å². The van der Waals surface area contributed by atoms with Crippen molar-refractivity contribution >= 4 is 27.0 Å². The van der Waals surface area contributed by atoms with E-state index < -0.39 is 24.1 Å². The minimum absolute atomic E-state index is 0.0614. The van der Waals surface area contributed by atoms with Crippen molar-refractivity contribution in [2.24, 2.45) is 0 Å². The molecule has 0 radical (unpaired) electrons. The largest absolute Gasteiger partial charge is 0.573 e. The average Bonchev–Trinajstić information content (AvgIpc) is 2.58. The molecule has 0 saturated carbocycles. The molecule has 1 aromatic heterocycles. The molecule has 0 amide bonds. The summed E-state index contributed by atoms with van der Waals surface area (Å²) in [5, 5.41) is 0. The van der Waals surface area contributed by atoms with Gasteiger partial charge in [0.05, 0.1) is 15.5 Å². The zero-order valence-electron chi connectivity index (χ0n) is 8.66. The smallest absolute Gasteiger partial charge is 0.404 e. The second-order valence-corrected chi connectivity index (χ2v) is 4.29. The second kappa shape index (κ2) is 4.29. The van der Waals surface area contributed by atoms with Crippen LogP contribution in [-0.4, -0.2) is 16.3 Å². The lowest BCUT2D eigenvalue weighted by atomic mass is 10.3. The Bertz CT molecular complexity index is 617. The van der Waals surface area contributed by atoms with Gasteiger partial charge in [-0.15, -0.1) is 13.2 Å². The van der Waals surface area contributed by atoms with Gasteiger partial charge >= 0.3 is 12.5 Å². The van der Waals surface area contributed by atoms with Gasteiger partial charge in [-0.25, -0.2) is 4.98 Å². The summed E-state index contributed by atoms with van der Waals surface area (Å²) in [6, 6.07) is 1.79. The fourth-order valence-corrected chi connectivity index (χ4v) is 1.77. The highest BCUT2D eigenvalue weighted by molar-refractivity contribution is 9.10. The van der Waals surface area contributed by atoms with E-state index in [1.807, 2.05) is 4.98 Å². The molecule has 0 aliphatic carbocycles. The molecule has 19 heavy (non-hydrogen) atoms. The monoisotopic (exact) mass is 348 g/mol. The Morgan fingerprint density at radius 2 is 1.74 bits per heavy atom. The number of nitrogens with one attached hydrogen (secondary N) is 1. The first-order valence-corrected chi connectivity index (χ1v) is 5.38. The van der Waals surface area contributed by atoms with Gasteiger partial charge in [-0.3, -0.25) is 0 Å². The first-order valence-electron chi connectivity index (χ1n) is 4.58. The summed E-state index contributed by atoms with van der Waals surface area (Å²) in [6.07, 6.45) is -9.66. The fraction of sp³-hybridized carbons (Fsp3) is 0.222. The number of H-pyrrole nitrogens is 1. The molecule has 10 heteroatoms. The number of fused-ring (bicyclic) bond motifs is 1. The molecule has 0 saturated heterocycles. The van der Waals surface area contributed by atoms with Gasteiger partial charge in [-0.05, 0) is 22.0 Å². The van der Waals surface area contributed by atoms with Crippen LogP contribution in [0.4, 0.5) is 26.3 Å². The summed E-state index contributed by atoms with van der Waals surface area (Å²) in [7, 11) is 0. The highest BCUT2D eigenvalue weighted by atomic mass is 79.9. The number of ether oxygens (including phenoxy) is 1. The highest BCUT2D eigenvalue weighted by Crippen LogP contribution is 2.35. The van der Waals surface area contributed by atoms with Crippen molar-refractivity contribution in [2.45, 2.75) is 12.5 Å². The predicted octanol–water partition coefficient (Wildman–Crippen LogP) is 4.24. The van der Waals surface area contributed by atoms with E-state index in [-0.39, 0.29) is 15.5 Å². The first-order chi connectivity index (χ1) is 8.56. The molecule has 0 bridgehead atoms. The molecular weight excluding hydrogens is 346 g/mol. The highest BCUT2D eigenvalue weighted by Gasteiger charge is 2.35. The molecule has 0 unspecified atom stereocenters. The fourth-order valence-electron chi connectivity index (χ4n) is 1.35. The minimum atomic E-state index is -4.95. The SMILES string of the molecule is FC(F)(F)Oc1cc2nc(C(F)(F)F)[nH]c2cc1Br. The van der Waals surface area contributed by atoms with Crippen molar-refractivity contribution < 1.29 is 31.1 Å². The summed E-state index contributed by atoms with van der Waals surface area (Å²) < 4.78 is 76.8. The molecule has 2 rings (SSSR count). The lowest BCUT2D eigenvalue weighted by molar-refractivity contribution is -0.274. The van der Waals surface area contributed by atoms with Crippen molar-refractivity contribution in [3.8, 4) is 5.75 Å². The Morgan fingerprint density at radius 3 is 2.26 bits per heavy atom. The summed E-state index contributed by atoms with van der Waals surface area (Å²) in [6.45, 7) is 0.